The van der Waals surface area contributed by atoms with Gasteiger partial charge in [-0.1, -0.05) is 32.8 Å². The summed E-state index contributed by atoms with van der Waals surface area (Å²) >= 11 is 3.46. The Balaban J connectivity index is 1.54. The molecule has 0 bridgehead atoms. The van der Waals surface area contributed by atoms with Gasteiger partial charge in [-0.2, -0.15) is 0 Å². The predicted molar refractivity (Wildman–Crippen MR) is 114 cm³/mol. The molecule has 1 fully saturated rings. The molecule has 27 heavy (non-hydrogen) atoms. The second-order valence-electron chi connectivity index (χ2n) is 7.49. The molecule has 0 aromatic carbocycles. The van der Waals surface area contributed by atoms with Crippen LogP contribution in [0.15, 0.2) is 22.9 Å². The van der Waals surface area contributed by atoms with Crippen LogP contribution in [0.25, 0.3) is 0 Å². The zero-order chi connectivity index (χ0) is 19.2. The highest BCUT2D eigenvalue weighted by molar-refractivity contribution is 7.10. The second-order valence-corrected chi connectivity index (χ2v) is 9.53. The summed E-state index contributed by atoms with van der Waals surface area (Å²) in [6.07, 6.45) is 4.06. The van der Waals surface area contributed by atoms with Crippen molar-refractivity contribution in [2.24, 2.45) is 11.8 Å². The van der Waals surface area contributed by atoms with E-state index >= 15 is 0 Å². The van der Waals surface area contributed by atoms with Gasteiger partial charge in [0.15, 0.2) is 0 Å². The van der Waals surface area contributed by atoms with E-state index in [9.17, 15) is 4.79 Å². The van der Waals surface area contributed by atoms with Gasteiger partial charge in [-0.15, -0.1) is 22.7 Å². The Bertz CT molecular complexity index is 701. The maximum Gasteiger partial charge on any atom is 0.223 e. The van der Waals surface area contributed by atoms with Gasteiger partial charge >= 0.3 is 0 Å². The Morgan fingerprint density at radius 1 is 1.30 bits per heavy atom. The number of nitrogens with one attached hydrogen (secondary N) is 1. The van der Waals surface area contributed by atoms with Crippen LogP contribution in [0.1, 0.15) is 61.2 Å². The van der Waals surface area contributed by atoms with Crippen molar-refractivity contribution in [2.75, 3.05) is 13.1 Å². The van der Waals surface area contributed by atoms with E-state index in [1.807, 2.05) is 0 Å². The Morgan fingerprint density at radius 3 is 2.59 bits per heavy atom. The Morgan fingerprint density at radius 2 is 2.04 bits per heavy atom. The fourth-order valence-electron chi connectivity index (χ4n) is 3.98. The lowest BCUT2D eigenvalue weighted by molar-refractivity contribution is -0.127. The molecule has 3 rings (SSSR count). The summed E-state index contributed by atoms with van der Waals surface area (Å²) in [5.74, 6) is 0.875. The van der Waals surface area contributed by atoms with Gasteiger partial charge in [-0.25, -0.2) is 4.98 Å². The summed E-state index contributed by atoms with van der Waals surface area (Å²) in [4.78, 5) is 21.2. The van der Waals surface area contributed by atoms with Gasteiger partial charge in [-0.05, 0) is 50.2 Å². The second kappa shape index (κ2) is 9.80. The minimum absolute atomic E-state index is 0.134. The summed E-state index contributed by atoms with van der Waals surface area (Å²) in [6, 6.07) is 4.40. The molecule has 1 N–H and O–H groups in total. The molecule has 0 spiro atoms. The van der Waals surface area contributed by atoms with E-state index < -0.39 is 0 Å². The van der Waals surface area contributed by atoms with Crippen molar-refractivity contribution in [1.29, 1.82) is 0 Å². The lowest BCUT2D eigenvalue weighted by atomic mass is 9.90. The highest BCUT2D eigenvalue weighted by Gasteiger charge is 2.29. The topological polar surface area (TPSA) is 45.2 Å². The number of likely N-dealkylation sites (tertiary alicyclic amines) is 1. The molecule has 3 heterocycles. The highest BCUT2D eigenvalue weighted by Crippen LogP contribution is 2.31. The van der Waals surface area contributed by atoms with E-state index in [2.05, 4.69) is 58.9 Å². The number of thiophene rings is 1. The standard InChI is InChI=1S/C21H31N3OS2/c1-4-16(5-2)20(19-7-6-12-26-19)23-21(25)17-8-10-24(11-9-17)13-18-14-27-15(3)22-18/h6-7,12,14,16-17,20H,4-5,8-11,13H2,1-3H3,(H,23,25). The van der Waals surface area contributed by atoms with Gasteiger partial charge < -0.3 is 5.32 Å². The summed E-state index contributed by atoms with van der Waals surface area (Å²) in [7, 11) is 0. The van der Waals surface area contributed by atoms with Crippen LogP contribution in [0.4, 0.5) is 0 Å². The Kier molecular flexibility index (Phi) is 7.44. The smallest absolute Gasteiger partial charge is 0.223 e. The van der Waals surface area contributed by atoms with Gasteiger partial charge in [0, 0.05) is 22.7 Å². The average molecular weight is 406 g/mol. The van der Waals surface area contributed by atoms with Gasteiger partial charge in [0.25, 0.3) is 0 Å². The number of nitrogens with zero attached hydrogens (tertiary/aromatic N) is 2. The zero-order valence-corrected chi connectivity index (χ0v) is 18.2. The van der Waals surface area contributed by atoms with Gasteiger partial charge in [-0.3, -0.25) is 9.69 Å². The number of aryl methyl sites for hydroxylation is 1. The predicted octanol–water partition coefficient (Wildman–Crippen LogP) is 5.02. The summed E-state index contributed by atoms with van der Waals surface area (Å²) in [5.41, 5.74) is 1.16. The quantitative estimate of drug-likeness (QED) is 0.671. The van der Waals surface area contributed by atoms with Crippen molar-refractivity contribution in [2.45, 2.75) is 59.0 Å². The minimum Gasteiger partial charge on any atom is -0.348 e. The maximum atomic E-state index is 13.0. The van der Waals surface area contributed by atoms with Gasteiger partial charge in [0.2, 0.25) is 5.91 Å². The number of carbonyl (C=O) groups excluding carboxylic acids is 1. The first-order chi connectivity index (χ1) is 13.1. The molecule has 1 aliphatic heterocycles. The van der Waals surface area contributed by atoms with E-state index in [4.69, 9.17) is 0 Å². The van der Waals surface area contributed by atoms with E-state index in [0.29, 0.717) is 5.92 Å². The van der Waals surface area contributed by atoms with Crippen molar-refractivity contribution in [3.8, 4) is 0 Å². The van der Waals surface area contributed by atoms with Gasteiger partial charge in [0.05, 0.1) is 16.7 Å². The molecule has 1 unspecified atom stereocenters. The Hall–Kier alpha value is -1.24. The first kappa shape index (κ1) is 20.5. The lowest BCUT2D eigenvalue weighted by Gasteiger charge is -2.33. The maximum absolute atomic E-state index is 13.0. The zero-order valence-electron chi connectivity index (χ0n) is 16.6. The first-order valence-electron chi connectivity index (χ1n) is 10.1. The molecule has 1 saturated heterocycles. The van der Waals surface area contributed by atoms with Crippen molar-refractivity contribution in [1.82, 2.24) is 15.2 Å². The fourth-order valence-corrected chi connectivity index (χ4v) is 5.46. The molecular formula is C21H31N3OS2. The SMILES string of the molecule is CCC(CC)C(NC(=O)C1CCN(Cc2csc(C)n2)CC1)c1cccs1. The average Bonchev–Trinajstić information content (AvgIpc) is 3.34. The first-order valence-corrected chi connectivity index (χ1v) is 11.8. The molecule has 1 amide bonds. The van der Waals surface area contributed by atoms with E-state index in [0.717, 1.165) is 56.0 Å². The number of piperidine rings is 1. The van der Waals surface area contributed by atoms with E-state index in [1.54, 1.807) is 22.7 Å². The third kappa shape index (κ3) is 5.39. The molecule has 0 saturated carbocycles. The molecule has 1 aliphatic rings. The van der Waals surface area contributed by atoms with Crippen LogP contribution in [0, 0.1) is 18.8 Å². The summed E-state index contributed by atoms with van der Waals surface area (Å²) in [6.45, 7) is 9.35. The molecular weight excluding hydrogens is 374 g/mol. The van der Waals surface area contributed by atoms with Crippen LogP contribution in [-0.4, -0.2) is 28.9 Å². The minimum atomic E-state index is 0.134. The largest absolute Gasteiger partial charge is 0.348 e. The van der Waals surface area contributed by atoms with Crippen molar-refractivity contribution >= 4 is 28.6 Å². The van der Waals surface area contributed by atoms with Crippen LogP contribution in [0.2, 0.25) is 0 Å². The van der Waals surface area contributed by atoms with Crippen molar-refractivity contribution in [3.05, 3.63) is 38.5 Å². The van der Waals surface area contributed by atoms with Crippen LogP contribution in [0.5, 0.6) is 0 Å². The summed E-state index contributed by atoms with van der Waals surface area (Å²) in [5, 5.41) is 8.78. The van der Waals surface area contributed by atoms with Crippen molar-refractivity contribution in [3.63, 3.8) is 0 Å². The summed E-state index contributed by atoms with van der Waals surface area (Å²) < 4.78 is 0. The van der Waals surface area contributed by atoms with Crippen LogP contribution in [-0.2, 0) is 11.3 Å². The number of hydrogen-bond acceptors (Lipinski definition) is 5. The van der Waals surface area contributed by atoms with Crippen LogP contribution in [0.3, 0.4) is 0 Å². The number of aromatic nitrogens is 1. The molecule has 148 valence electrons. The Labute approximate surface area is 171 Å². The van der Waals surface area contributed by atoms with Crippen LogP contribution < -0.4 is 5.32 Å². The molecule has 1 atom stereocenters. The normalized spacial score (nSPS) is 17.3. The number of amides is 1. The number of hydrogen-bond donors (Lipinski definition) is 1. The molecule has 2 aromatic heterocycles. The number of carbonyl (C=O) groups is 1. The fraction of sp³-hybridized carbons (Fsp3) is 0.619. The monoisotopic (exact) mass is 405 g/mol. The van der Waals surface area contributed by atoms with Crippen molar-refractivity contribution < 1.29 is 4.79 Å². The number of thiazole rings is 1. The molecule has 0 aliphatic carbocycles. The highest BCUT2D eigenvalue weighted by atomic mass is 32.1. The molecule has 2 aromatic rings. The number of rotatable bonds is 8. The molecule has 0 radical (unpaired) electrons. The molecule has 4 nitrogen and oxygen atoms in total. The lowest BCUT2D eigenvalue weighted by Crippen LogP contribution is -2.42. The third-order valence-electron chi connectivity index (χ3n) is 5.68. The van der Waals surface area contributed by atoms with E-state index in [1.165, 1.54) is 4.88 Å². The molecule has 6 heteroatoms. The third-order valence-corrected chi connectivity index (χ3v) is 7.46. The van der Waals surface area contributed by atoms with E-state index in [-0.39, 0.29) is 17.9 Å². The van der Waals surface area contributed by atoms with Gasteiger partial charge in [0.1, 0.15) is 0 Å². The van der Waals surface area contributed by atoms with Crippen LogP contribution >= 0.6 is 22.7 Å².